The van der Waals surface area contributed by atoms with Gasteiger partial charge in [-0.3, -0.25) is 4.79 Å². The topological polar surface area (TPSA) is 98.2 Å². The van der Waals surface area contributed by atoms with Crippen molar-refractivity contribution in [1.82, 2.24) is 9.80 Å². The van der Waals surface area contributed by atoms with Crippen molar-refractivity contribution in [3.8, 4) is 0 Å². The molecule has 1 unspecified atom stereocenters. The van der Waals surface area contributed by atoms with Crippen LogP contribution >= 0.6 is 23.2 Å². The highest BCUT2D eigenvalue weighted by Gasteiger charge is 2.33. The number of benzene rings is 2. The Labute approximate surface area is 183 Å². The summed E-state index contributed by atoms with van der Waals surface area (Å²) in [5.41, 5.74) is 1.29. The first-order valence-corrected chi connectivity index (χ1v) is 10.0. The summed E-state index contributed by atoms with van der Waals surface area (Å²) in [7, 11) is 0. The van der Waals surface area contributed by atoms with E-state index in [4.69, 9.17) is 23.2 Å². The van der Waals surface area contributed by atoms with Crippen LogP contribution in [0.25, 0.3) is 0 Å². The van der Waals surface area contributed by atoms with Crippen LogP contribution in [0.1, 0.15) is 27.9 Å². The second kappa shape index (κ2) is 9.36. The van der Waals surface area contributed by atoms with Gasteiger partial charge in [0.1, 0.15) is 0 Å². The van der Waals surface area contributed by atoms with Gasteiger partial charge < -0.3 is 20.0 Å². The smallest absolute Gasteiger partial charge is 0.336 e. The minimum absolute atomic E-state index is 0.0717. The van der Waals surface area contributed by atoms with E-state index in [0.29, 0.717) is 21.2 Å². The molecule has 9 heteroatoms. The molecule has 0 bridgehead atoms. The largest absolute Gasteiger partial charge is 0.481 e. The molecule has 1 aliphatic rings. The highest BCUT2D eigenvalue weighted by atomic mass is 35.5. The number of carbonyl (C=O) groups excluding carboxylic acids is 1. The fraction of sp³-hybridized carbons (Fsp3) is 0.286. The van der Waals surface area contributed by atoms with Crippen molar-refractivity contribution >= 4 is 41.2 Å². The van der Waals surface area contributed by atoms with Crippen molar-refractivity contribution in [3.05, 3.63) is 69.2 Å². The van der Waals surface area contributed by atoms with Gasteiger partial charge in [-0.05, 0) is 29.3 Å². The lowest BCUT2D eigenvalue weighted by Crippen LogP contribution is -2.53. The molecule has 2 aromatic carbocycles. The number of rotatable bonds is 7. The Hall–Kier alpha value is -2.77. The van der Waals surface area contributed by atoms with E-state index in [1.807, 2.05) is 0 Å². The van der Waals surface area contributed by atoms with Crippen LogP contribution in [0.5, 0.6) is 0 Å². The van der Waals surface area contributed by atoms with Gasteiger partial charge in [-0.15, -0.1) is 0 Å². The zero-order chi connectivity index (χ0) is 21.8. The van der Waals surface area contributed by atoms with Crippen LogP contribution in [0, 0.1) is 5.92 Å². The summed E-state index contributed by atoms with van der Waals surface area (Å²) in [6.45, 7) is 0.759. The molecule has 3 rings (SSSR count). The van der Waals surface area contributed by atoms with E-state index in [0.717, 1.165) is 0 Å². The second-order valence-electron chi connectivity index (χ2n) is 7.21. The minimum atomic E-state index is -1.08. The number of hydrogen-bond donors (Lipinski definition) is 2. The summed E-state index contributed by atoms with van der Waals surface area (Å²) >= 11 is 12.2. The van der Waals surface area contributed by atoms with Crippen LogP contribution in [0.15, 0.2) is 42.5 Å². The highest BCUT2D eigenvalue weighted by Crippen LogP contribution is 2.26. The van der Waals surface area contributed by atoms with Crippen LogP contribution in [0.3, 0.4) is 0 Å². The van der Waals surface area contributed by atoms with Gasteiger partial charge >= 0.3 is 18.0 Å². The first-order valence-electron chi connectivity index (χ1n) is 9.25. The van der Waals surface area contributed by atoms with Crippen LogP contribution in [0.2, 0.25) is 10.0 Å². The maximum atomic E-state index is 13.1. The van der Waals surface area contributed by atoms with Gasteiger partial charge in [0.15, 0.2) is 0 Å². The maximum absolute atomic E-state index is 13.1. The van der Waals surface area contributed by atoms with E-state index in [2.05, 4.69) is 0 Å². The number of urea groups is 1. The average molecular weight is 451 g/mol. The van der Waals surface area contributed by atoms with E-state index in [-0.39, 0.29) is 50.1 Å². The summed E-state index contributed by atoms with van der Waals surface area (Å²) in [4.78, 5) is 38.9. The molecule has 2 amide bonds. The van der Waals surface area contributed by atoms with Gasteiger partial charge in [-0.25, -0.2) is 9.59 Å². The molecule has 0 aliphatic carbocycles. The molecule has 0 saturated carbocycles. The van der Waals surface area contributed by atoms with Crippen molar-refractivity contribution in [1.29, 1.82) is 0 Å². The van der Waals surface area contributed by atoms with Crippen molar-refractivity contribution in [2.24, 2.45) is 5.92 Å². The van der Waals surface area contributed by atoms with Gasteiger partial charge in [-0.1, -0.05) is 47.5 Å². The third-order valence-corrected chi connectivity index (χ3v) is 5.53. The molecule has 30 heavy (non-hydrogen) atoms. The van der Waals surface area contributed by atoms with E-state index in [9.17, 15) is 24.6 Å². The molecule has 0 radical (unpaired) electrons. The Balaban J connectivity index is 1.86. The van der Waals surface area contributed by atoms with Crippen molar-refractivity contribution in [2.75, 3.05) is 13.1 Å². The standard InChI is InChI=1S/C21H20Cl2N2O5/c22-16-6-5-15(18(23)8-16)12-25-10-13(7-19(26)27)9-24(21(25)30)11-14-3-1-2-4-17(14)20(28)29/h1-6,8,13H,7,9-12H2,(H,26,27)(H,28,29). The first-order chi connectivity index (χ1) is 14.2. The number of halogens is 2. The monoisotopic (exact) mass is 450 g/mol. The molecule has 1 saturated heterocycles. The third kappa shape index (κ3) is 5.23. The fourth-order valence-electron chi connectivity index (χ4n) is 3.61. The van der Waals surface area contributed by atoms with E-state index in [1.165, 1.54) is 15.9 Å². The zero-order valence-electron chi connectivity index (χ0n) is 15.9. The summed E-state index contributed by atoms with van der Waals surface area (Å²) in [6, 6.07) is 11.1. The number of carboxylic acid groups (broad SMARTS) is 2. The van der Waals surface area contributed by atoms with Gasteiger partial charge in [0, 0.05) is 42.1 Å². The molecule has 1 aliphatic heterocycles. The Kier molecular flexibility index (Phi) is 6.84. The average Bonchev–Trinajstić information content (AvgIpc) is 2.67. The molecule has 1 fully saturated rings. The van der Waals surface area contributed by atoms with Crippen molar-refractivity contribution in [3.63, 3.8) is 0 Å². The minimum Gasteiger partial charge on any atom is -0.481 e. The Bertz CT molecular complexity index is 982. The molecule has 1 heterocycles. The maximum Gasteiger partial charge on any atom is 0.336 e. The second-order valence-corrected chi connectivity index (χ2v) is 8.05. The molecular weight excluding hydrogens is 431 g/mol. The van der Waals surface area contributed by atoms with Crippen LogP contribution < -0.4 is 0 Å². The SMILES string of the molecule is O=C(O)CC1CN(Cc2ccc(Cl)cc2Cl)C(=O)N(Cc2ccccc2C(=O)O)C1. The first kappa shape index (κ1) is 21.9. The van der Waals surface area contributed by atoms with Gasteiger partial charge in [0.05, 0.1) is 12.0 Å². The lowest BCUT2D eigenvalue weighted by molar-refractivity contribution is -0.138. The number of carboxylic acids is 2. The number of aromatic carboxylic acids is 1. The van der Waals surface area contributed by atoms with Gasteiger partial charge in [0.25, 0.3) is 0 Å². The van der Waals surface area contributed by atoms with E-state index in [1.54, 1.807) is 36.4 Å². The molecule has 0 spiro atoms. The number of amides is 2. The van der Waals surface area contributed by atoms with Crippen LogP contribution in [0.4, 0.5) is 4.79 Å². The number of aliphatic carboxylic acids is 1. The van der Waals surface area contributed by atoms with Gasteiger partial charge in [0.2, 0.25) is 0 Å². The molecule has 2 N–H and O–H groups in total. The third-order valence-electron chi connectivity index (χ3n) is 4.95. The normalized spacial score (nSPS) is 16.6. The summed E-state index contributed by atoms with van der Waals surface area (Å²) < 4.78 is 0. The van der Waals surface area contributed by atoms with Crippen molar-refractivity contribution in [2.45, 2.75) is 19.5 Å². The van der Waals surface area contributed by atoms with E-state index < -0.39 is 11.9 Å². The Morgan fingerprint density at radius 3 is 2.20 bits per heavy atom. The molecule has 2 aromatic rings. The quantitative estimate of drug-likeness (QED) is 0.657. The molecule has 1 atom stereocenters. The van der Waals surface area contributed by atoms with E-state index >= 15 is 0 Å². The van der Waals surface area contributed by atoms with Crippen LogP contribution in [-0.4, -0.2) is 51.1 Å². The summed E-state index contributed by atoms with van der Waals surface area (Å²) in [5, 5.41) is 19.5. The summed E-state index contributed by atoms with van der Waals surface area (Å²) in [5.74, 6) is -2.34. The number of hydrogen-bond acceptors (Lipinski definition) is 3. The van der Waals surface area contributed by atoms with Gasteiger partial charge in [-0.2, -0.15) is 0 Å². The van der Waals surface area contributed by atoms with Crippen molar-refractivity contribution < 1.29 is 24.6 Å². The predicted molar refractivity (Wildman–Crippen MR) is 112 cm³/mol. The molecular formula is C21H20Cl2N2O5. The molecule has 7 nitrogen and oxygen atoms in total. The lowest BCUT2D eigenvalue weighted by Gasteiger charge is -2.40. The van der Waals surface area contributed by atoms with Crippen LogP contribution in [-0.2, 0) is 17.9 Å². The Morgan fingerprint density at radius 2 is 1.60 bits per heavy atom. The number of nitrogens with zero attached hydrogens (tertiary/aromatic N) is 2. The molecule has 158 valence electrons. The predicted octanol–water partition coefficient (Wildman–Crippen LogP) is 4.22. The highest BCUT2D eigenvalue weighted by molar-refractivity contribution is 6.35. The lowest BCUT2D eigenvalue weighted by atomic mass is 10.00. The summed E-state index contributed by atoms with van der Waals surface area (Å²) in [6.07, 6.45) is -0.102. The Morgan fingerprint density at radius 1 is 0.967 bits per heavy atom. The number of carbonyl (C=O) groups is 3. The fourth-order valence-corrected chi connectivity index (χ4v) is 4.07. The zero-order valence-corrected chi connectivity index (χ0v) is 17.4. The molecule has 0 aromatic heterocycles.